The van der Waals surface area contributed by atoms with Crippen LogP contribution in [0.25, 0.3) is 10.2 Å². The second-order valence-corrected chi connectivity index (χ2v) is 9.57. The highest BCUT2D eigenvalue weighted by atomic mass is 32.1. The summed E-state index contributed by atoms with van der Waals surface area (Å²) in [6, 6.07) is 7.02. The van der Waals surface area contributed by atoms with Gasteiger partial charge in [-0.05, 0) is 37.5 Å². The summed E-state index contributed by atoms with van der Waals surface area (Å²) < 4.78 is 6.47. The van der Waals surface area contributed by atoms with Gasteiger partial charge in [0, 0.05) is 32.2 Å². The third-order valence-electron chi connectivity index (χ3n) is 5.35. The minimum atomic E-state index is -0.464. The molecule has 0 aliphatic carbocycles. The zero-order valence-electron chi connectivity index (χ0n) is 17.5. The lowest BCUT2D eigenvalue weighted by atomic mass is 10.1. The number of thiazole rings is 1. The quantitative estimate of drug-likeness (QED) is 0.387. The molecular formula is C21H24N4O4S2. The number of thiophene rings is 1. The van der Waals surface area contributed by atoms with Crippen molar-refractivity contribution in [1.29, 1.82) is 0 Å². The predicted molar refractivity (Wildman–Crippen MR) is 124 cm³/mol. The zero-order valence-corrected chi connectivity index (χ0v) is 19.1. The second-order valence-electron chi connectivity index (χ2n) is 7.53. The molecule has 0 radical (unpaired) electrons. The van der Waals surface area contributed by atoms with Crippen LogP contribution >= 0.6 is 22.7 Å². The molecule has 164 valence electrons. The Balaban J connectivity index is 1.61. The summed E-state index contributed by atoms with van der Waals surface area (Å²) in [5.74, 6) is -0.241. The van der Waals surface area contributed by atoms with E-state index in [0.717, 1.165) is 71.9 Å². The number of hydrogen-bond donors (Lipinski definition) is 0. The molecule has 1 aliphatic heterocycles. The van der Waals surface area contributed by atoms with E-state index in [9.17, 15) is 14.9 Å². The van der Waals surface area contributed by atoms with Gasteiger partial charge in [-0.25, -0.2) is 4.98 Å². The first-order valence-electron chi connectivity index (χ1n) is 10.2. The van der Waals surface area contributed by atoms with Gasteiger partial charge in [-0.2, -0.15) is 0 Å². The predicted octanol–water partition coefficient (Wildman–Crippen LogP) is 4.25. The minimum Gasteiger partial charge on any atom is -0.379 e. The van der Waals surface area contributed by atoms with E-state index in [1.54, 1.807) is 4.90 Å². The number of amides is 1. The molecule has 8 nitrogen and oxygen atoms in total. The third-order valence-corrected chi connectivity index (χ3v) is 7.59. The molecule has 10 heteroatoms. The number of benzene rings is 1. The SMILES string of the molecule is Cc1ccc(C)c2sc(N(CCCN3CCOCC3)C(=O)c3ccc([N+](=O)[O-])s3)nc12. The van der Waals surface area contributed by atoms with Gasteiger partial charge in [0.15, 0.2) is 5.13 Å². The lowest BCUT2D eigenvalue weighted by molar-refractivity contribution is -0.380. The van der Waals surface area contributed by atoms with Crippen molar-refractivity contribution < 1.29 is 14.5 Å². The van der Waals surface area contributed by atoms with E-state index in [-0.39, 0.29) is 10.9 Å². The fraction of sp³-hybridized carbons (Fsp3) is 0.429. The molecule has 1 amide bonds. The van der Waals surface area contributed by atoms with Crippen molar-refractivity contribution >= 4 is 48.9 Å². The zero-order chi connectivity index (χ0) is 22.0. The van der Waals surface area contributed by atoms with Gasteiger partial charge in [-0.15, -0.1) is 0 Å². The average molecular weight is 461 g/mol. The summed E-state index contributed by atoms with van der Waals surface area (Å²) in [7, 11) is 0. The molecule has 3 aromatic rings. The first-order valence-corrected chi connectivity index (χ1v) is 11.8. The molecule has 3 heterocycles. The van der Waals surface area contributed by atoms with Crippen LogP contribution in [0.4, 0.5) is 10.1 Å². The van der Waals surface area contributed by atoms with E-state index < -0.39 is 4.92 Å². The summed E-state index contributed by atoms with van der Waals surface area (Å²) in [6.07, 6.45) is 0.785. The first kappa shape index (κ1) is 21.8. The van der Waals surface area contributed by atoms with E-state index in [1.165, 1.54) is 23.5 Å². The molecule has 1 aromatic carbocycles. The molecule has 0 bridgehead atoms. The number of fused-ring (bicyclic) bond motifs is 1. The summed E-state index contributed by atoms with van der Waals surface area (Å²) in [5.41, 5.74) is 3.09. The van der Waals surface area contributed by atoms with Crippen LogP contribution in [0, 0.1) is 24.0 Å². The number of ether oxygens (including phenoxy) is 1. The molecule has 0 unspecified atom stereocenters. The molecular weight excluding hydrogens is 436 g/mol. The van der Waals surface area contributed by atoms with Crippen molar-refractivity contribution in [1.82, 2.24) is 9.88 Å². The highest BCUT2D eigenvalue weighted by molar-refractivity contribution is 7.22. The number of aromatic nitrogens is 1. The Labute approximate surface area is 188 Å². The van der Waals surface area contributed by atoms with Gasteiger partial charge >= 0.3 is 5.00 Å². The molecule has 1 saturated heterocycles. The smallest absolute Gasteiger partial charge is 0.324 e. The normalized spacial score (nSPS) is 14.8. The Bertz CT molecular complexity index is 1070. The number of nitrogens with zero attached hydrogens (tertiary/aromatic N) is 4. The van der Waals surface area contributed by atoms with Crippen LogP contribution in [0.2, 0.25) is 0 Å². The molecule has 4 rings (SSSR count). The Morgan fingerprint density at radius 3 is 2.61 bits per heavy atom. The number of hydrogen-bond acceptors (Lipinski definition) is 8. The van der Waals surface area contributed by atoms with Gasteiger partial charge in [0.05, 0.1) is 33.2 Å². The maximum atomic E-state index is 13.4. The highest BCUT2D eigenvalue weighted by Crippen LogP contribution is 2.35. The minimum absolute atomic E-state index is 0.0346. The van der Waals surface area contributed by atoms with Crippen LogP contribution in [0.15, 0.2) is 24.3 Å². The van der Waals surface area contributed by atoms with E-state index in [0.29, 0.717) is 16.6 Å². The largest absolute Gasteiger partial charge is 0.379 e. The van der Waals surface area contributed by atoms with Crippen molar-refractivity contribution in [3.63, 3.8) is 0 Å². The molecule has 1 aliphatic rings. The van der Waals surface area contributed by atoms with Crippen molar-refractivity contribution in [2.45, 2.75) is 20.3 Å². The number of anilines is 1. The molecule has 0 spiro atoms. The van der Waals surface area contributed by atoms with Crippen LogP contribution in [-0.4, -0.2) is 60.1 Å². The van der Waals surface area contributed by atoms with Gasteiger partial charge in [-0.3, -0.25) is 24.7 Å². The number of morpholine rings is 1. The number of nitro groups is 1. The molecule has 0 atom stereocenters. The van der Waals surface area contributed by atoms with Gasteiger partial charge < -0.3 is 4.74 Å². The van der Waals surface area contributed by atoms with E-state index in [4.69, 9.17) is 9.72 Å². The van der Waals surface area contributed by atoms with Crippen LogP contribution in [-0.2, 0) is 4.74 Å². The summed E-state index contributed by atoms with van der Waals surface area (Å²) in [5, 5.41) is 11.7. The Morgan fingerprint density at radius 1 is 1.19 bits per heavy atom. The fourth-order valence-electron chi connectivity index (χ4n) is 3.60. The van der Waals surface area contributed by atoms with Crippen LogP contribution in [0.3, 0.4) is 0 Å². The van der Waals surface area contributed by atoms with E-state index >= 15 is 0 Å². The third kappa shape index (κ3) is 4.77. The number of aryl methyl sites for hydroxylation is 2. The second kappa shape index (κ2) is 9.39. The van der Waals surface area contributed by atoms with Gasteiger partial charge in [-0.1, -0.05) is 34.8 Å². The standard InChI is InChI=1S/C21H24N4O4S2/c1-14-4-5-15(2)19-18(14)22-21(31-19)24(9-3-8-23-10-12-29-13-11-23)20(26)16-6-7-17(30-16)25(27)28/h4-7H,3,8-13H2,1-2H3. The lowest BCUT2D eigenvalue weighted by Crippen LogP contribution is -2.39. The Hall–Kier alpha value is -2.40. The van der Waals surface area contributed by atoms with Crippen LogP contribution in [0.1, 0.15) is 27.2 Å². The average Bonchev–Trinajstić information content (AvgIpc) is 3.43. The molecule has 1 fully saturated rings. The van der Waals surface area contributed by atoms with Crippen molar-refractivity contribution in [2.75, 3.05) is 44.3 Å². The Kier molecular flexibility index (Phi) is 6.61. The van der Waals surface area contributed by atoms with Crippen LogP contribution in [0.5, 0.6) is 0 Å². The fourth-order valence-corrected chi connectivity index (χ4v) is 5.50. The first-order chi connectivity index (χ1) is 14.9. The topological polar surface area (TPSA) is 88.8 Å². The maximum Gasteiger partial charge on any atom is 0.324 e. The van der Waals surface area contributed by atoms with Crippen molar-refractivity contribution in [3.05, 3.63) is 50.4 Å². The van der Waals surface area contributed by atoms with Gasteiger partial charge in [0.1, 0.15) is 0 Å². The summed E-state index contributed by atoms with van der Waals surface area (Å²) >= 11 is 2.41. The molecule has 0 saturated carbocycles. The number of carbonyl (C=O) groups is 1. The van der Waals surface area contributed by atoms with Crippen molar-refractivity contribution in [3.8, 4) is 0 Å². The van der Waals surface area contributed by atoms with Gasteiger partial charge in [0.2, 0.25) is 0 Å². The summed E-state index contributed by atoms with van der Waals surface area (Å²) in [4.78, 5) is 33.1. The highest BCUT2D eigenvalue weighted by Gasteiger charge is 2.25. The van der Waals surface area contributed by atoms with Gasteiger partial charge in [0.25, 0.3) is 5.91 Å². The number of rotatable bonds is 7. The molecule has 31 heavy (non-hydrogen) atoms. The summed E-state index contributed by atoms with van der Waals surface area (Å²) in [6.45, 7) is 8.67. The Morgan fingerprint density at radius 2 is 1.94 bits per heavy atom. The number of carbonyl (C=O) groups excluding carboxylic acids is 1. The molecule has 0 N–H and O–H groups in total. The van der Waals surface area contributed by atoms with Crippen molar-refractivity contribution in [2.24, 2.45) is 0 Å². The monoisotopic (exact) mass is 460 g/mol. The van der Waals surface area contributed by atoms with E-state index in [1.807, 2.05) is 19.9 Å². The maximum absolute atomic E-state index is 13.4. The molecule has 2 aromatic heterocycles. The lowest BCUT2D eigenvalue weighted by Gasteiger charge is -2.27. The van der Waals surface area contributed by atoms with Crippen LogP contribution < -0.4 is 4.90 Å². The van der Waals surface area contributed by atoms with E-state index in [2.05, 4.69) is 11.0 Å².